The number of alkyl halides is 3. The molecule has 1 unspecified atom stereocenters. The zero-order valence-electron chi connectivity index (χ0n) is 18.5. The van der Waals surface area contributed by atoms with E-state index in [1.807, 2.05) is 31.2 Å². The summed E-state index contributed by atoms with van der Waals surface area (Å²) in [6.45, 7) is 2.51. The van der Waals surface area contributed by atoms with Gasteiger partial charge in [0.25, 0.3) is 0 Å². The van der Waals surface area contributed by atoms with Crippen LogP contribution in [0.25, 0.3) is 28.1 Å². The van der Waals surface area contributed by atoms with Crippen molar-refractivity contribution in [2.24, 2.45) is 5.73 Å². The van der Waals surface area contributed by atoms with Crippen LogP contribution in [0.4, 0.5) is 13.2 Å². The first-order valence-electron chi connectivity index (χ1n) is 11.3. The van der Waals surface area contributed by atoms with Crippen LogP contribution in [0.3, 0.4) is 0 Å². The Bertz CT molecular complexity index is 1400. The molecule has 6 rings (SSSR count). The minimum atomic E-state index is -4.44. The molecule has 0 saturated carbocycles. The van der Waals surface area contributed by atoms with E-state index in [0.717, 1.165) is 28.6 Å². The van der Waals surface area contributed by atoms with Crippen LogP contribution < -0.4 is 10.5 Å². The Morgan fingerprint density at radius 3 is 2.71 bits per heavy atom. The molecule has 0 amide bonds. The molecule has 1 saturated heterocycles. The molecule has 3 aromatic heterocycles. The minimum absolute atomic E-state index is 0.0699. The molecular formula is C24H23F3N6O. The summed E-state index contributed by atoms with van der Waals surface area (Å²) < 4.78 is 49.8. The van der Waals surface area contributed by atoms with Crippen LogP contribution in [0.15, 0.2) is 42.6 Å². The number of fused-ring (bicyclic) bond motifs is 4. The Morgan fingerprint density at radius 2 is 1.94 bits per heavy atom. The number of aromatic nitrogens is 4. The van der Waals surface area contributed by atoms with Crippen LogP contribution in [0, 0.1) is 0 Å². The Morgan fingerprint density at radius 1 is 1.12 bits per heavy atom. The van der Waals surface area contributed by atoms with Crippen molar-refractivity contribution in [2.45, 2.75) is 44.1 Å². The van der Waals surface area contributed by atoms with E-state index in [1.165, 1.54) is 17.2 Å². The molecule has 5 heterocycles. The molecule has 0 radical (unpaired) electrons. The molecule has 0 spiro atoms. The summed E-state index contributed by atoms with van der Waals surface area (Å²) >= 11 is 0. The number of pyridine rings is 2. The zero-order valence-corrected chi connectivity index (χ0v) is 18.5. The van der Waals surface area contributed by atoms with Crippen molar-refractivity contribution >= 4 is 16.6 Å². The molecule has 2 aliphatic rings. The van der Waals surface area contributed by atoms with Crippen LogP contribution in [-0.2, 0) is 6.42 Å². The van der Waals surface area contributed by atoms with Crippen molar-refractivity contribution < 1.29 is 17.9 Å². The average molecular weight is 468 g/mol. The maximum atomic E-state index is 14.1. The number of nitrogens with zero attached hydrogens (tertiary/aromatic N) is 5. The van der Waals surface area contributed by atoms with Crippen molar-refractivity contribution in [3.63, 3.8) is 0 Å². The van der Waals surface area contributed by atoms with E-state index < -0.39 is 12.2 Å². The maximum Gasteiger partial charge on any atom is 0.408 e. The van der Waals surface area contributed by atoms with Gasteiger partial charge in [0.05, 0.1) is 5.52 Å². The topological polar surface area (TPSA) is 81.6 Å². The average Bonchev–Trinajstić information content (AvgIpc) is 3.50. The fourth-order valence-electron chi connectivity index (χ4n) is 5.11. The highest BCUT2D eigenvalue weighted by molar-refractivity contribution is 5.86. The Hall–Kier alpha value is -3.24. The van der Waals surface area contributed by atoms with Crippen molar-refractivity contribution in [2.75, 3.05) is 13.1 Å². The predicted octanol–water partition coefficient (Wildman–Crippen LogP) is 3.90. The van der Waals surface area contributed by atoms with Crippen molar-refractivity contribution in [3.05, 3.63) is 53.7 Å². The molecule has 0 aliphatic carbocycles. The lowest BCUT2D eigenvalue weighted by Crippen LogP contribution is -2.38. The van der Waals surface area contributed by atoms with Crippen LogP contribution in [-0.4, -0.2) is 55.9 Å². The van der Waals surface area contributed by atoms with Crippen LogP contribution in [0.5, 0.6) is 5.75 Å². The summed E-state index contributed by atoms with van der Waals surface area (Å²) in [7, 11) is 0. The second-order valence-corrected chi connectivity index (χ2v) is 9.15. The molecule has 1 aromatic carbocycles. The second-order valence-electron chi connectivity index (χ2n) is 9.15. The van der Waals surface area contributed by atoms with E-state index >= 15 is 0 Å². The Balaban J connectivity index is 1.46. The highest BCUT2D eigenvalue weighted by atomic mass is 19.4. The summed E-state index contributed by atoms with van der Waals surface area (Å²) in [5, 5.41) is 9.39. The molecule has 176 valence electrons. The molecule has 7 nitrogen and oxygen atoms in total. The number of hydrogen-bond donors (Lipinski definition) is 1. The zero-order chi connectivity index (χ0) is 23.6. The van der Waals surface area contributed by atoms with E-state index in [2.05, 4.69) is 10.2 Å². The van der Waals surface area contributed by atoms with Gasteiger partial charge in [0.15, 0.2) is 11.5 Å². The lowest BCUT2D eigenvalue weighted by atomic mass is 10.1. The van der Waals surface area contributed by atoms with Crippen LogP contribution in [0.1, 0.15) is 30.5 Å². The SMILES string of the molecule is CC1Cc2c(ccc3ccc(-c4nnc5ccc([C@@H](N6CC[C@H](N)C6)C(F)(F)F)cn45)nc23)O1. The quantitative estimate of drug-likeness (QED) is 0.491. The smallest absolute Gasteiger partial charge is 0.408 e. The Kier molecular flexibility index (Phi) is 4.79. The van der Waals surface area contributed by atoms with E-state index in [-0.39, 0.29) is 24.3 Å². The maximum absolute atomic E-state index is 14.1. The lowest BCUT2D eigenvalue weighted by molar-refractivity contribution is -0.183. The molecular weight excluding hydrogens is 445 g/mol. The number of ether oxygens (including phenoxy) is 1. The number of likely N-dealkylation sites (tertiary alicyclic amines) is 1. The number of rotatable bonds is 3. The number of nitrogens with two attached hydrogens (primary N) is 1. The molecule has 1 fully saturated rings. The third-order valence-corrected chi connectivity index (χ3v) is 6.65. The van der Waals surface area contributed by atoms with Gasteiger partial charge in [-0.2, -0.15) is 13.2 Å². The van der Waals surface area contributed by atoms with Gasteiger partial charge in [-0.15, -0.1) is 10.2 Å². The first-order valence-corrected chi connectivity index (χ1v) is 11.3. The summed E-state index contributed by atoms with van der Waals surface area (Å²) in [6, 6.07) is 8.69. The van der Waals surface area contributed by atoms with Gasteiger partial charge < -0.3 is 10.5 Å². The third kappa shape index (κ3) is 3.48. The van der Waals surface area contributed by atoms with Gasteiger partial charge in [-0.25, -0.2) is 4.98 Å². The van der Waals surface area contributed by atoms with Gasteiger partial charge in [-0.1, -0.05) is 12.1 Å². The van der Waals surface area contributed by atoms with Gasteiger partial charge >= 0.3 is 6.18 Å². The van der Waals surface area contributed by atoms with Gasteiger partial charge in [-0.3, -0.25) is 9.30 Å². The van der Waals surface area contributed by atoms with Gasteiger partial charge in [-0.05, 0) is 43.2 Å². The first-order chi connectivity index (χ1) is 16.3. The number of benzene rings is 1. The lowest BCUT2D eigenvalue weighted by Gasteiger charge is -2.30. The standard InChI is InChI=1S/C24H23F3N6O/c1-13-10-17-19(34-13)6-3-14-2-5-18(29-21(14)17)23-31-30-20-7-4-15(11-33(20)23)22(24(25,26)27)32-9-8-16(28)12-32/h2-7,11,13,16,22H,8-10,12,28H2,1H3/t13?,16-,22+/m0/s1. The largest absolute Gasteiger partial charge is 0.490 e. The predicted molar refractivity (Wildman–Crippen MR) is 120 cm³/mol. The van der Waals surface area contributed by atoms with Crippen molar-refractivity contribution in [1.29, 1.82) is 0 Å². The number of halogens is 3. The van der Waals surface area contributed by atoms with E-state index in [9.17, 15) is 13.2 Å². The van der Waals surface area contributed by atoms with E-state index in [4.69, 9.17) is 15.5 Å². The summed E-state index contributed by atoms with van der Waals surface area (Å²) in [5.41, 5.74) is 8.86. The fourth-order valence-corrected chi connectivity index (χ4v) is 5.11. The Labute approximate surface area is 193 Å². The third-order valence-electron chi connectivity index (χ3n) is 6.65. The molecule has 3 atom stereocenters. The molecule has 4 aromatic rings. The number of hydrogen-bond acceptors (Lipinski definition) is 6. The monoisotopic (exact) mass is 468 g/mol. The van der Waals surface area contributed by atoms with Crippen molar-refractivity contribution in [1.82, 2.24) is 24.5 Å². The van der Waals surface area contributed by atoms with E-state index in [1.54, 1.807) is 10.5 Å². The minimum Gasteiger partial charge on any atom is -0.490 e. The molecule has 2 N–H and O–H groups in total. The first kappa shape index (κ1) is 21.3. The normalized spacial score (nSPS) is 21.8. The molecule has 0 bridgehead atoms. The molecule has 10 heteroatoms. The van der Waals surface area contributed by atoms with Gasteiger partial charge in [0.2, 0.25) is 0 Å². The summed E-state index contributed by atoms with van der Waals surface area (Å²) in [4.78, 5) is 6.23. The van der Waals surface area contributed by atoms with Crippen LogP contribution in [0.2, 0.25) is 0 Å². The van der Waals surface area contributed by atoms with Crippen LogP contribution >= 0.6 is 0 Å². The molecule has 2 aliphatic heterocycles. The highest BCUT2D eigenvalue weighted by Crippen LogP contribution is 2.40. The van der Waals surface area contributed by atoms with E-state index in [0.29, 0.717) is 30.1 Å². The summed E-state index contributed by atoms with van der Waals surface area (Å²) in [5.74, 6) is 1.21. The fraction of sp³-hybridized carbons (Fsp3) is 0.375. The second kappa shape index (κ2) is 7.64. The van der Waals surface area contributed by atoms with Crippen molar-refractivity contribution in [3.8, 4) is 17.3 Å². The van der Waals surface area contributed by atoms with Gasteiger partial charge in [0, 0.05) is 42.7 Å². The van der Waals surface area contributed by atoms with Gasteiger partial charge in [0.1, 0.15) is 23.6 Å². The highest BCUT2D eigenvalue weighted by Gasteiger charge is 2.46. The summed E-state index contributed by atoms with van der Waals surface area (Å²) in [6.07, 6.45) is -1.61. The molecule has 34 heavy (non-hydrogen) atoms.